The van der Waals surface area contributed by atoms with Crippen LogP contribution in [0.1, 0.15) is 15.5 Å². The molecule has 1 aliphatic heterocycles. The minimum absolute atomic E-state index is 0.694. The largest absolute Gasteiger partial charge is 0.378 e. The van der Waals surface area contributed by atoms with Crippen LogP contribution in [-0.2, 0) is 4.74 Å². The zero-order valence-corrected chi connectivity index (χ0v) is 10.9. The first-order valence-corrected chi connectivity index (χ1v) is 6.65. The Morgan fingerprint density at radius 1 is 1.39 bits per heavy atom. The molecule has 0 radical (unpaired) electrons. The van der Waals surface area contributed by atoms with E-state index >= 15 is 0 Å². The number of thiophene rings is 1. The summed E-state index contributed by atoms with van der Waals surface area (Å²) in [5.41, 5.74) is 0. The molecule has 0 unspecified atom stereocenters. The highest BCUT2D eigenvalue weighted by molar-refractivity contribution is 7.20. The van der Waals surface area contributed by atoms with Crippen LogP contribution in [0.25, 0.3) is 10.2 Å². The second-order valence-corrected chi connectivity index (χ2v) is 5.24. The lowest BCUT2D eigenvalue weighted by molar-refractivity contribution is 0.112. The third-order valence-corrected chi connectivity index (χ3v) is 3.88. The van der Waals surface area contributed by atoms with Gasteiger partial charge in [0.25, 0.3) is 0 Å². The summed E-state index contributed by atoms with van der Waals surface area (Å²) >= 11 is 1.41. The van der Waals surface area contributed by atoms with Crippen molar-refractivity contribution < 1.29 is 9.53 Å². The van der Waals surface area contributed by atoms with Crippen molar-refractivity contribution in [2.24, 2.45) is 0 Å². The van der Waals surface area contributed by atoms with Gasteiger partial charge in [0.2, 0.25) is 0 Å². The predicted molar refractivity (Wildman–Crippen MR) is 70.6 cm³/mol. The van der Waals surface area contributed by atoms with Crippen LogP contribution in [0.2, 0.25) is 0 Å². The van der Waals surface area contributed by atoms with E-state index in [0.29, 0.717) is 4.88 Å². The Morgan fingerprint density at radius 2 is 2.17 bits per heavy atom. The molecule has 0 atom stereocenters. The van der Waals surface area contributed by atoms with Crippen molar-refractivity contribution >= 4 is 33.7 Å². The van der Waals surface area contributed by atoms with Crippen molar-refractivity contribution in [1.29, 1.82) is 0 Å². The summed E-state index contributed by atoms with van der Waals surface area (Å²) in [5, 5.41) is 0.967. The zero-order valence-electron chi connectivity index (χ0n) is 10.0. The molecule has 5 nitrogen and oxygen atoms in total. The average molecular weight is 263 g/mol. The standard InChI is InChI=1S/C12H13N3O2S/c1-8-13-11(15-2-4-17-5-3-15)10-6-9(7-16)18-12(10)14-8/h6-7H,2-5H2,1H3. The van der Waals surface area contributed by atoms with E-state index in [1.807, 2.05) is 13.0 Å². The predicted octanol–water partition coefficient (Wildman–Crippen LogP) is 1.65. The molecule has 0 N–H and O–H groups in total. The minimum Gasteiger partial charge on any atom is -0.378 e. The Balaban J connectivity index is 2.13. The average Bonchev–Trinajstić information content (AvgIpc) is 2.81. The van der Waals surface area contributed by atoms with Gasteiger partial charge in [0.15, 0.2) is 6.29 Å². The number of aryl methyl sites for hydroxylation is 1. The maximum absolute atomic E-state index is 10.9. The molecule has 0 saturated carbocycles. The van der Waals surface area contributed by atoms with E-state index in [2.05, 4.69) is 14.9 Å². The van der Waals surface area contributed by atoms with Crippen LogP contribution in [0, 0.1) is 6.92 Å². The fourth-order valence-electron chi connectivity index (χ4n) is 2.10. The monoisotopic (exact) mass is 263 g/mol. The SMILES string of the molecule is Cc1nc(N2CCOCC2)c2cc(C=O)sc2n1. The topological polar surface area (TPSA) is 55.3 Å². The van der Waals surface area contributed by atoms with E-state index in [1.165, 1.54) is 11.3 Å². The van der Waals surface area contributed by atoms with E-state index in [0.717, 1.165) is 54.4 Å². The molecule has 1 fully saturated rings. The highest BCUT2D eigenvalue weighted by Gasteiger charge is 2.18. The third-order valence-electron chi connectivity index (χ3n) is 2.93. The maximum Gasteiger partial charge on any atom is 0.160 e. The number of anilines is 1. The van der Waals surface area contributed by atoms with Gasteiger partial charge in [-0.15, -0.1) is 11.3 Å². The van der Waals surface area contributed by atoms with E-state index in [9.17, 15) is 4.79 Å². The molecule has 3 heterocycles. The van der Waals surface area contributed by atoms with Crippen LogP contribution in [0.15, 0.2) is 6.07 Å². The Labute approximate surface area is 108 Å². The molecule has 18 heavy (non-hydrogen) atoms. The van der Waals surface area contributed by atoms with Crippen LogP contribution in [-0.4, -0.2) is 42.6 Å². The van der Waals surface area contributed by atoms with Gasteiger partial charge in [-0.05, 0) is 13.0 Å². The molecule has 0 aromatic carbocycles. The zero-order chi connectivity index (χ0) is 12.5. The van der Waals surface area contributed by atoms with Gasteiger partial charge in [-0.25, -0.2) is 9.97 Å². The third kappa shape index (κ3) is 1.97. The Bertz CT molecular complexity index is 590. The molecule has 2 aromatic heterocycles. The van der Waals surface area contributed by atoms with E-state index in [4.69, 9.17) is 4.74 Å². The molecule has 1 aliphatic rings. The van der Waals surface area contributed by atoms with Gasteiger partial charge >= 0.3 is 0 Å². The smallest absolute Gasteiger partial charge is 0.160 e. The lowest BCUT2D eigenvalue weighted by Gasteiger charge is -2.28. The number of morpholine rings is 1. The van der Waals surface area contributed by atoms with Crippen LogP contribution >= 0.6 is 11.3 Å². The Hall–Kier alpha value is -1.53. The van der Waals surface area contributed by atoms with Crippen LogP contribution < -0.4 is 4.90 Å². The van der Waals surface area contributed by atoms with Crippen LogP contribution in [0.5, 0.6) is 0 Å². The molecular weight excluding hydrogens is 250 g/mol. The van der Waals surface area contributed by atoms with E-state index in [1.54, 1.807) is 0 Å². The molecule has 0 spiro atoms. The summed E-state index contributed by atoms with van der Waals surface area (Å²) in [4.78, 5) is 23.6. The molecule has 0 aliphatic carbocycles. The summed E-state index contributed by atoms with van der Waals surface area (Å²) in [6.07, 6.45) is 0.866. The van der Waals surface area contributed by atoms with Gasteiger partial charge in [0.1, 0.15) is 16.5 Å². The van der Waals surface area contributed by atoms with Crippen molar-refractivity contribution in [3.05, 3.63) is 16.8 Å². The van der Waals surface area contributed by atoms with Crippen LogP contribution in [0.4, 0.5) is 5.82 Å². The van der Waals surface area contributed by atoms with Gasteiger partial charge in [-0.2, -0.15) is 0 Å². The fourth-order valence-corrected chi connectivity index (χ4v) is 2.99. The highest BCUT2D eigenvalue weighted by Crippen LogP contribution is 2.30. The number of hydrogen-bond acceptors (Lipinski definition) is 6. The minimum atomic E-state index is 0.694. The van der Waals surface area contributed by atoms with Crippen molar-refractivity contribution in [3.63, 3.8) is 0 Å². The molecule has 0 amide bonds. The summed E-state index contributed by atoms with van der Waals surface area (Å²) < 4.78 is 5.35. The quantitative estimate of drug-likeness (QED) is 0.771. The Kier molecular flexibility index (Phi) is 2.97. The summed E-state index contributed by atoms with van der Waals surface area (Å²) in [5.74, 6) is 1.66. The molecule has 0 bridgehead atoms. The lowest BCUT2D eigenvalue weighted by atomic mass is 10.3. The number of fused-ring (bicyclic) bond motifs is 1. The molecule has 94 valence electrons. The number of hydrogen-bond donors (Lipinski definition) is 0. The first-order chi connectivity index (χ1) is 8.78. The van der Waals surface area contributed by atoms with E-state index < -0.39 is 0 Å². The number of aldehydes is 1. The molecule has 1 saturated heterocycles. The number of carbonyl (C=O) groups excluding carboxylic acids is 1. The van der Waals surface area contributed by atoms with Crippen LogP contribution in [0.3, 0.4) is 0 Å². The molecule has 6 heteroatoms. The van der Waals surface area contributed by atoms with E-state index in [-0.39, 0.29) is 0 Å². The number of rotatable bonds is 2. The lowest BCUT2D eigenvalue weighted by Crippen LogP contribution is -2.37. The van der Waals surface area contributed by atoms with Gasteiger partial charge < -0.3 is 9.64 Å². The molecular formula is C12H13N3O2S. The summed E-state index contributed by atoms with van der Waals surface area (Å²) in [6, 6.07) is 1.87. The Morgan fingerprint density at radius 3 is 2.89 bits per heavy atom. The van der Waals surface area contributed by atoms with Crippen molar-refractivity contribution in [3.8, 4) is 0 Å². The first kappa shape index (κ1) is 11.6. The second kappa shape index (κ2) is 4.62. The molecule has 3 rings (SSSR count). The van der Waals surface area contributed by atoms with Crippen molar-refractivity contribution in [1.82, 2.24) is 9.97 Å². The highest BCUT2D eigenvalue weighted by atomic mass is 32.1. The van der Waals surface area contributed by atoms with Crippen molar-refractivity contribution in [2.45, 2.75) is 6.92 Å². The normalized spacial score (nSPS) is 16.2. The number of aromatic nitrogens is 2. The maximum atomic E-state index is 10.9. The van der Waals surface area contributed by atoms with Gasteiger partial charge in [-0.1, -0.05) is 0 Å². The van der Waals surface area contributed by atoms with Gasteiger partial charge in [0, 0.05) is 13.1 Å². The van der Waals surface area contributed by atoms with Gasteiger partial charge in [0.05, 0.1) is 23.5 Å². The fraction of sp³-hybridized carbons (Fsp3) is 0.417. The molecule has 2 aromatic rings. The number of nitrogens with zero attached hydrogens (tertiary/aromatic N) is 3. The summed E-state index contributed by atoms with van der Waals surface area (Å²) in [6.45, 7) is 4.98. The van der Waals surface area contributed by atoms with Gasteiger partial charge in [-0.3, -0.25) is 4.79 Å². The first-order valence-electron chi connectivity index (χ1n) is 5.84. The van der Waals surface area contributed by atoms with Crippen molar-refractivity contribution in [2.75, 3.05) is 31.2 Å². The second-order valence-electron chi connectivity index (χ2n) is 4.18. The number of carbonyl (C=O) groups is 1. The number of ether oxygens (including phenoxy) is 1. The summed E-state index contributed by atoms with van der Waals surface area (Å²) in [7, 11) is 0.